The van der Waals surface area contributed by atoms with Gasteiger partial charge in [0.05, 0.1) is 0 Å². The molecule has 2 atom stereocenters. The van der Waals surface area contributed by atoms with Crippen LogP contribution < -0.4 is 20.3 Å². The van der Waals surface area contributed by atoms with Crippen molar-refractivity contribution in [2.24, 2.45) is 5.92 Å². The predicted octanol–water partition coefficient (Wildman–Crippen LogP) is 1.73. The Labute approximate surface area is 154 Å². The summed E-state index contributed by atoms with van der Waals surface area (Å²) in [6, 6.07) is 7.58. The molecular weight excluding hydrogens is 342 g/mol. The molecule has 0 radical (unpaired) electrons. The zero-order chi connectivity index (χ0) is 16.9. The average molecular weight is 368 g/mol. The van der Waals surface area contributed by atoms with E-state index >= 15 is 0 Å². The quantitative estimate of drug-likeness (QED) is 0.831. The Bertz CT molecular complexity index is 611. The van der Waals surface area contributed by atoms with E-state index < -0.39 is 0 Å². The van der Waals surface area contributed by atoms with Crippen molar-refractivity contribution in [2.45, 2.75) is 32.2 Å². The lowest BCUT2D eigenvalue weighted by Crippen LogP contribution is -2.49. The molecule has 2 N–H and O–H groups in total. The molecule has 0 aromatic heterocycles. The third kappa shape index (κ3) is 5.09. The molecule has 3 rings (SSSR count). The Morgan fingerprint density at radius 2 is 2.28 bits per heavy atom. The summed E-state index contributed by atoms with van der Waals surface area (Å²) in [5.41, 5.74) is 0.836. The van der Waals surface area contributed by atoms with E-state index in [0.29, 0.717) is 18.1 Å². The number of carbonyl (C=O) groups excluding carboxylic acids is 2. The van der Waals surface area contributed by atoms with Crippen molar-refractivity contribution in [3.63, 3.8) is 0 Å². The summed E-state index contributed by atoms with van der Waals surface area (Å²) >= 11 is 0. The maximum absolute atomic E-state index is 12.1. The molecule has 0 bridgehead atoms. The van der Waals surface area contributed by atoms with Gasteiger partial charge in [0.1, 0.15) is 5.75 Å². The number of nitrogens with zero attached hydrogens (tertiary/aromatic N) is 1. The van der Waals surface area contributed by atoms with E-state index in [9.17, 15) is 9.59 Å². The van der Waals surface area contributed by atoms with Crippen molar-refractivity contribution in [3.8, 4) is 5.75 Å². The van der Waals surface area contributed by atoms with E-state index in [1.54, 1.807) is 4.90 Å². The molecule has 0 saturated carbocycles. The maximum Gasteiger partial charge on any atom is 0.258 e. The summed E-state index contributed by atoms with van der Waals surface area (Å²) in [6.07, 6.45) is 2.43. The van der Waals surface area contributed by atoms with Gasteiger partial charge in [0.25, 0.3) is 5.91 Å². The van der Waals surface area contributed by atoms with E-state index in [2.05, 4.69) is 17.6 Å². The van der Waals surface area contributed by atoms with Crippen molar-refractivity contribution >= 4 is 29.9 Å². The van der Waals surface area contributed by atoms with Gasteiger partial charge < -0.3 is 20.3 Å². The molecule has 2 amide bonds. The summed E-state index contributed by atoms with van der Waals surface area (Å²) < 4.78 is 5.61. The Hall–Kier alpha value is -1.79. The Morgan fingerprint density at radius 3 is 3.00 bits per heavy atom. The SMILES string of the molecule is CC1CNCCC1NC(=O)COc1cccc(N2CCCC2=O)c1.Cl. The molecule has 0 spiro atoms. The molecule has 1 aromatic rings. The third-order valence-corrected chi connectivity index (χ3v) is 4.70. The van der Waals surface area contributed by atoms with Gasteiger partial charge in [-0.25, -0.2) is 0 Å². The molecule has 25 heavy (non-hydrogen) atoms. The van der Waals surface area contributed by atoms with E-state index in [4.69, 9.17) is 4.74 Å². The van der Waals surface area contributed by atoms with Crippen molar-refractivity contribution in [3.05, 3.63) is 24.3 Å². The number of nitrogens with one attached hydrogen (secondary N) is 2. The summed E-state index contributed by atoms with van der Waals surface area (Å²) in [7, 11) is 0. The molecule has 0 aliphatic carbocycles. The lowest BCUT2D eigenvalue weighted by atomic mass is 9.95. The highest BCUT2D eigenvalue weighted by Crippen LogP contribution is 2.25. The lowest BCUT2D eigenvalue weighted by Gasteiger charge is -2.30. The van der Waals surface area contributed by atoms with Crippen LogP contribution in [0.5, 0.6) is 5.75 Å². The number of hydrogen-bond acceptors (Lipinski definition) is 4. The number of carbonyl (C=O) groups is 2. The Kier molecular flexibility index (Phi) is 7.08. The van der Waals surface area contributed by atoms with Crippen LogP contribution >= 0.6 is 12.4 Å². The average Bonchev–Trinajstić information content (AvgIpc) is 3.01. The summed E-state index contributed by atoms with van der Waals surface area (Å²) in [5.74, 6) is 1.08. The zero-order valence-corrected chi connectivity index (χ0v) is 15.3. The van der Waals surface area contributed by atoms with Gasteiger partial charge in [0.2, 0.25) is 5.91 Å². The van der Waals surface area contributed by atoms with Crippen LogP contribution in [0, 0.1) is 5.92 Å². The molecule has 7 heteroatoms. The molecule has 2 fully saturated rings. The van der Waals surface area contributed by atoms with Crippen LogP contribution in [0.3, 0.4) is 0 Å². The fourth-order valence-electron chi connectivity index (χ4n) is 3.29. The van der Waals surface area contributed by atoms with Gasteiger partial charge in [-0.15, -0.1) is 12.4 Å². The molecule has 2 aliphatic heterocycles. The minimum absolute atomic E-state index is 0. The highest BCUT2D eigenvalue weighted by atomic mass is 35.5. The highest BCUT2D eigenvalue weighted by molar-refractivity contribution is 5.95. The monoisotopic (exact) mass is 367 g/mol. The van der Waals surface area contributed by atoms with Crippen molar-refractivity contribution in [1.82, 2.24) is 10.6 Å². The van der Waals surface area contributed by atoms with E-state index in [-0.39, 0.29) is 36.9 Å². The second-order valence-corrected chi connectivity index (χ2v) is 6.58. The summed E-state index contributed by atoms with van der Waals surface area (Å²) in [4.78, 5) is 25.7. The smallest absolute Gasteiger partial charge is 0.258 e. The molecule has 1 aromatic carbocycles. The molecule has 2 unspecified atom stereocenters. The summed E-state index contributed by atoms with van der Waals surface area (Å²) in [6.45, 7) is 4.73. The third-order valence-electron chi connectivity index (χ3n) is 4.70. The summed E-state index contributed by atoms with van der Waals surface area (Å²) in [5, 5.41) is 6.36. The van der Waals surface area contributed by atoms with Crippen molar-refractivity contribution in [1.29, 1.82) is 0 Å². The number of benzene rings is 1. The molecule has 2 aliphatic rings. The number of amides is 2. The number of ether oxygens (including phenoxy) is 1. The number of anilines is 1. The van der Waals surface area contributed by atoms with Gasteiger partial charge in [0, 0.05) is 30.8 Å². The minimum Gasteiger partial charge on any atom is -0.484 e. The molecule has 2 saturated heterocycles. The van der Waals surface area contributed by atoms with Crippen LogP contribution in [0.2, 0.25) is 0 Å². The first kappa shape index (κ1) is 19.5. The van der Waals surface area contributed by atoms with Gasteiger partial charge in [-0.2, -0.15) is 0 Å². The predicted molar refractivity (Wildman–Crippen MR) is 99.4 cm³/mol. The zero-order valence-electron chi connectivity index (χ0n) is 14.5. The fourth-order valence-corrected chi connectivity index (χ4v) is 3.29. The number of hydrogen-bond donors (Lipinski definition) is 2. The lowest BCUT2D eigenvalue weighted by molar-refractivity contribution is -0.124. The van der Waals surface area contributed by atoms with Gasteiger partial charge in [0.15, 0.2) is 6.61 Å². The van der Waals surface area contributed by atoms with Crippen LogP contribution in [0.1, 0.15) is 26.2 Å². The topological polar surface area (TPSA) is 70.7 Å². The number of rotatable bonds is 5. The van der Waals surface area contributed by atoms with Crippen LogP contribution in [0.15, 0.2) is 24.3 Å². The number of piperidine rings is 1. The first-order chi connectivity index (χ1) is 11.6. The second-order valence-electron chi connectivity index (χ2n) is 6.58. The van der Waals surface area contributed by atoms with Gasteiger partial charge in [-0.3, -0.25) is 9.59 Å². The van der Waals surface area contributed by atoms with Gasteiger partial charge in [-0.05, 0) is 44.0 Å². The van der Waals surface area contributed by atoms with Crippen molar-refractivity contribution in [2.75, 3.05) is 31.1 Å². The van der Waals surface area contributed by atoms with E-state index in [0.717, 1.165) is 38.2 Å². The van der Waals surface area contributed by atoms with Crippen LogP contribution in [0.4, 0.5) is 5.69 Å². The van der Waals surface area contributed by atoms with Crippen LogP contribution in [-0.4, -0.2) is 44.1 Å². The molecule has 6 nitrogen and oxygen atoms in total. The minimum atomic E-state index is -0.101. The van der Waals surface area contributed by atoms with E-state index in [1.165, 1.54) is 0 Å². The van der Waals surface area contributed by atoms with Gasteiger partial charge >= 0.3 is 0 Å². The second kappa shape index (κ2) is 9.06. The molecular formula is C18H26ClN3O3. The molecule has 138 valence electrons. The van der Waals surface area contributed by atoms with Crippen LogP contribution in [-0.2, 0) is 9.59 Å². The highest BCUT2D eigenvalue weighted by Gasteiger charge is 2.23. The standard InChI is InChI=1S/C18H25N3O3.ClH/c1-13-11-19-8-7-16(13)20-17(22)12-24-15-5-2-4-14(10-15)21-9-3-6-18(21)23;/h2,4-5,10,13,16,19H,3,6-9,11-12H2,1H3,(H,20,22);1H. The fraction of sp³-hybridized carbons (Fsp3) is 0.556. The normalized spacial score (nSPS) is 23.1. The first-order valence-electron chi connectivity index (χ1n) is 8.67. The van der Waals surface area contributed by atoms with Crippen LogP contribution in [0.25, 0.3) is 0 Å². The van der Waals surface area contributed by atoms with E-state index in [1.807, 2.05) is 24.3 Å². The first-order valence-corrected chi connectivity index (χ1v) is 8.67. The van der Waals surface area contributed by atoms with Gasteiger partial charge in [-0.1, -0.05) is 13.0 Å². The number of halogens is 1. The largest absolute Gasteiger partial charge is 0.484 e. The Morgan fingerprint density at radius 1 is 1.44 bits per heavy atom. The maximum atomic E-state index is 12.1. The Balaban J connectivity index is 0.00000225. The van der Waals surface area contributed by atoms with Crippen molar-refractivity contribution < 1.29 is 14.3 Å². The molecule has 2 heterocycles.